The van der Waals surface area contributed by atoms with Crippen molar-refractivity contribution in [3.05, 3.63) is 0 Å². The summed E-state index contributed by atoms with van der Waals surface area (Å²) in [5, 5.41) is 0. The van der Waals surface area contributed by atoms with Crippen LogP contribution in [0.15, 0.2) is 0 Å². The Kier molecular flexibility index (Phi) is 18.7. The fourth-order valence-electron chi connectivity index (χ4n) is 2.38. The summed E-state index contributed by atoms with van der Waals surface area (Å²) in [6.07, 6.45) is 16.1. The number of carbonyl (C=O) groups is 1. The van der Waals surface area contributed by atoms with Gasteiger partial charge in [-0.2, -0.15) is 11.8 Å². The van der Waals surface area contributed by atoms with E-state index in [1.165, 1.54) is 76.4 Å². The molecule has 0 saturated carbocycles. The largest absolute Gasteiger partial charge is 0.466 e. The summed E-state index contributed by atoms with van der Waals surface area (Å²) in [5.74, 6) is 2.10. The number of ether oxygens (including phenoxy) is 1. The second kappa shape index (κ2) is 18.9. The van der Waals surface area contributed by atoms with Crippen LogP contribution in [0.3, 0.4) is 0 Å². The maximum Gasteiger partial charge on any atom is 0.306 e. The third kappa shape index (κ3) is 17.9. The minimum Gasteiger partial charge on any atom is -0.466 e. The van der Waals surface area contributed by atoms with Crippen molar-refractivity contribution in [2.45, 2.75) is 97.3 Å². The molecule has 0 unspecified atom stereocenters. The van der Waals surface area contributed by atoms with Crippen molar-refractivity contribution < 1.29 is 9.53 Å². The number of hydrogen-bond donors (Lipinski definition) is 0. The summed E-state index contributed by atoms with van der Waals surface area (Å²) >= 11 is 1.90. The van der Waals surface area contributed by atoms with Gasteiger partial charge in [-0.05, 0) is 18.6 Å². The van der Waals surface area contributed by atoms with Crippen LogP contribution >= 0.6 is 11.8 Å². The molecule has 2 nitrogen and oxygen atoms in total. The van der Waals surface area contributed by atoms with Crippen LogP contribution in [0.4, 0.5) is 0 Å². The first-order valence-electron chi connectivity index (χ1n) is 9.54. The zero-order chi connectivity index (χ0) is 16.3. The molecule has 0 fully saturated rings. The van der Waals surface area contributed by atoms with Crippen molar-refractivity contribution in [1.82, 2.24) is 0 Å². The maximum absolute atomic E-state index is 11.5. The number of thioether (sulfide) groups is 1. The predicted molar refractivity (Wildman–Crippen MR) is 99.7 cm³/mol. The van der Waals surface area contributed by atoms with E-state index in [-0.39, 0.29) is 5.97 Å². The SMILES string of the molecule is CCCCCCCCOC(=O)CCSCCCCCCCC. The van der Waals surface area contributed by atoms with Crippen molar-refractivity contribution in [2.24, 2.45) is 0 Å². The summed E-state index contributed by atoms with van der Waals surface area (Å²) in [6.45, 7) is 5.10. The minimum atomic E-state index is -0.0102. The Balaban J connectivity index is 3.13. The molecule has 3 heteroatoms. The van der Waals surface area contributed by atoms with E-state index in [2.05, 4.69) is 13.8 Å². The van der Waals surface area contributed by atoms with Gasteiger partial charge in [0.1, 0.15) is 0 Å². The van der Waals surface area contributed by atoms with Crippen molar-refractivity contribution in [3.63, 3.8) is 0 Å². The molecule has 0 amide bonds. The Bertz CT molecular complexity index is 231. The van der Waals surface area contributed by atoms with Gasteiger partial charge >= 0.3 is 5.97 Å². The van der Waals surface area contributed by atoms with Crippen molar-refractivity contribution in [1.29, 1.82) is 0 Å². The van der Waals surface area contributed by atoms with Crippen LogP contribution in [0.2, 0.25) is 0 Å². The highest BCUT2D eigenvalue weighted by atomic mass is 32.2. The average Bonchev–Trinajstić information content (AvgIpc) is 2.52. The Morgan fingerprint density at radius 2 is 1.27 bits per heavy atom. The highest BCUT2D eigenvalue weighted by molar-refractivity contribution is 7.99. The van der Waals surface area contributed by atoms with Crippen LogP contribution in [0.1, 0.15) is 97.3 Å². The zero-order valence-electron chi connectivity index (χ0n) is 15.0. The second-order valence-corrected chi connectivity index (χ2v) is 7.34. The summed E-state index contributed by atoms with van der Waals surface area (Å²) < 4.78 is 5.27. The van der Waals surface area contributed by atoms with Gasteiger partial charge in [0, 0.05) is 5.75 Å². The number of carbonyl (C=O) groups excluding carboxylic acids is 1. The maximum atomic E-state index is 11.5. The first-order valence-corrected chi connectivity index (χ1v) is 10.7. The van der Waals surface area contributed by atoms with Crippen LogP contribution in [0, 0.1) is 0 Å². The molecule has 22 heavy (non-hydrogen) atoms. The molecule has 0 bridgehead atoms. The van der Waals surface area contributed by atoms with Gasteiger partial charge in [-0.1, -0.05) is 78.1 Å². The Morgan fingerprint density at radius 1 is 0.727 bits per heavy atom. The molecule has 0 atom stereocenters. The van der Waals surface area contributed by atoms with E-state index in [9.17, 15) is 4.79 Å². The summed E-state index contributed by atoms with van der Waals surface area (Å²) in [5.41, 5.74) is 0. The lowest BCUT2D eigenvalue weighted by Gasteiger charge is -2.05. The Hall–Kier alpha value is -0.180. The third-order valence-corrected chi connectivity index (χ3v) is 4.92. The van der Waals surface area contributed by atoms with E-state index in [4.69, 9.17) is 4.74 Å². The molecule has 0 rings (SSSR count). The van der Waals surface area contributed by atoms with E-state index < -0.39 is 0 Å². The first-order chi connectivity index (χ1) is 10.8. The molecule has 0 spiro atoms. The molecule has 0 heterocycles. The van der Waals surface area contributed by atoms with Gasteiger partial charge in [-0.25, -0.2) is 0 Å². The molecule has 0 aromatic heterocycles. The molecule has 0 aliphatic rings. The van der Waals surface area contributed by atoms with E-state index in [0.29, 0.717) is 13.0 Å². The van der Waals surface area contributed by atoms with Gasteiger partial charge in [0.15, 0.2) is 0 Å². The molecular weight excluding hydrogens is 292 g/mol. The topological polar surface area (TPSA) is 26.3 Å². The van der Waals surface area contributed by atoms with Gasteiger partial charge < -0.3 is 4.74 Å². The third-order valence-electron chi connectivity index (χ3n) is 3.85. The normalized spacial score (nSPS) is 10.8. The highest BCUT2D eigenvalue weighted by Crippen LogP contribution is 2.11. The average molecular weight is 331 g/mol. The molecule has 132 valence electrons. The lowest BCUT2D eigenvalue weighted by Crippen LogP contribution is -2.07. The van der Waals surface area contributed by atoms with Crippen LogP contribution in [-0.4, -0.2) is 24.1 Å². The van der Waals surface area contributed by atoms with Crippen LogP contribution in [-0.2, 0) is 9.53 Å². The van der Waals surface area contributed by atoms with Crippen molar-refractivity contribution in [3.8, 4) is 0 Å². The Labute approximate surface area is 143 Å². The summed E-state index contributed by atoms with van der Waals surface area (Å²) in [4.78, 5) is 11.5. The van der Waals surface area contributed by atoms with Gasteiger partial charge in [0.2, 0.25) is 0 Å². The van der Waals surface area contributed by atoms with Gasteiger partial charge in [-0.15, -0.1) is 0 Å². The minimum absolute atomic E-state index is 0.0102. The quantitative estimate of drug-likeness (QED) is 0.229. The van der Waals surface area contributed by atoms with E-state index >= 15 is 0 Å². The molecule has 0 aliphatic carbocycles. The van der Waals surface area contributed by atoms with Crippen molar-refractivity contribution >= 4 is 17.7 Å². The molecule has 0 radical (unpaired) electrons. The Morgan fingerprint density at radius 3 is 1.91 bits per heavy atom. The monoisotopic (exact) mass is 330 g/mol. The fourth-order valence-corrected chi connectivity index (χ4v) is 3.31. The number of unbranched alkanes of at least 4 members (excludes halogenated alkanes) is 10. The van der Waals surface area contributed by atoms with Gasteiger partial charge in [-0.3, -0.25) is 4.79 Å². The van der Waals surface area contributed by atoms with E-state index in [0.717, 1.165) is 12.2 Å². The number of hydrogen-bond acceptors (Lipinski definition) is 3. The van der Waals surface area contributed by atoms with Crippen LogP contribution < -0.4 is 0 Å². The lowest BCUT2D eigenvalue weighted by atomic mass is 10.1. The second-order valence-electron chi connectivity index (χ2n) is 6.12. The lowest BCUT2D eigenvalue weighted by molar-refractivity contribution is -0.143. The highest BCUT2D eigenvalue weighted by Gasteiger charge is 2.02. The molecule has 0 aromatic carbocycles. The van der Waals surface area contributed by atoms with E-state index in [1.807, 2.05) is 11.8 Å². The van der Waals surface area contributed by atoms with Gasteiger partial charge in [0.25, 0.3) is 0 Å². The van der Waals surface area contributed by atoms with E-state index in [1.54, 1.807) is 0 Å². The smallest absolute Gasteiger partial charge is 0.306 e. The van der Waals surface area contributed by atoms with Crippen molar-refractivity contribution in [2.75, 3.05) is 18.1 Å². The van der Waals surface area contributed by atoms with Crippen LogP contribution in [0.25, 0.3) is 0 Å². The molecule has 0 saturated heterocycles. The van der Waals surface area contributed by atoms with Crippen LogP contribution in [0.5, 0.6) is 0 Å². The van der Waals surface area contributed by atoms with Gasteiger partial charge in [0.05, 0.1) is 13.0 Å². The molecule has 0 aromatic rings. The molecule has 0 aliphatic heterocycles. The summed E-state index contributed by atoms with van der Waals surface area (Å²) in [7, 11) is 0. The number of esters is 1. The first kappa shape index (κ1) is 21.8. The zero-order valence-corrected chi connectivity index (χ0v) is 15.9. The summed E-state index contributed by atoms with van der Waals surface area (Å²) in [6, 6.07) is 0. The fraction of sp³-hybridized carbons (Fsp3) is 0.947. The predicted octanol–water partition coefficient (Wildman–Crippen LogP) is 6.37. The molecular formula is C19H38O2S. The standard InChI is InChI=1S/C19H38O2S/c1-3-5-7-9-11-13-16-21-19(20)15-18-22-17-14-12-10-8-6-4-2/h3-18H2,1-2H3. The molecule has 0 N–H and O–H groups in total. The number of rotatable bonds is 17.